The Bertz CT molecular complexity index is 2520. The maximum Gasteiger partial charge on any atom is 0.340 e. The molecule has 2 aromatic carbocycles. The minimum atomic E-state index is -0.991. The minimum absolute atomic E-state index is 0.217. The third kappa shape index (κ3) is 8.73. The van der Waals surface area contributed by atoms with Crippen molar-refractivity contribution in [3.05, 3.63) is 130 Å². The summed E-state index contributed by atoms with van der Waals surface area (Å²) in [6.45, 7) is 5.72. The average Bonchev–Trinajstić information content (AvgIpc) is 3.91. The van der Waals surface area contributed by atoms with Crippen LogP contribution in [0.1, 0.15) is 64.5 Å². The molecular weight excluding hydrogens is 785 g/mol. The molecule has 2 fully saturated rings. The summed E-state index contributed by atoms with van der Waals surface area (Å²) in [5.41, 5.74) is 17.0. The number of ether oxygens (including phenoxy) is 1. The fourth-order valence-electron chi connectivity index (χ4n) is 7.70. The molecule has 2 saturated heterocycles. The maximum atomic E-state index is 13.7. The van der Waals surface area contributed by atoms with E-state index in [1.54, 1.807) is 19.2 Å². The number of methoxy groups -OCH3 is 1. The summed E-state index contributed by atoms with van der Waals surface area (Å²) in [4.78, 5) is 25.4. The quantitative estimate of drug-likeness (QED) is 0.107. The molecular formula is C43H44F4N8O5. The van der Waals surface area contributed by atoms with E-state index in [0.29, 0.717) is 82.7 Å². The van der Waals surface area contributed by atoms with Gasteiger partial charge in [-0.25, -0.2) is 22.4 Å². The first-order chi connectivity index (χ1) is 28.7. The van der Waals surface area contributed by atoms with Crippen molar-refractivity contribution in [2.75, 3.05) is 43.1 Å². The zero-order chi connectivity index (χ0) is 42.8. The number of rotatable bonds is 8. The fourth-order valence-corrected chi connectivity index (χ4v) is 7.70. The van der Waals surface area contributed by atoms with Gasteiger partial charge in [0.05, 0.1) is 65.5 Å². The highest BCUT2D eigenvalue weighted by Gasteiger charge is 2.38. The highest BCUT2D eigenvalue weighted by molar-refractivity contribution is 5.97. The number of piperidine rings is 2. The molecule has 314 valence electrons. The van der Waals surface area contributed by atoms with Crippen LogP contribution >= 0.6 is 0 Å². The van der Waals surface area contributed by atoms with Gasteiger partial charge in [0.15, 0.2) is 23.3 Å². The number of hydrogen-bond acceptors (Lipinski definition) is 13. The van der Waals surface area contributed by atoms with Crippen LogP contribution in [0.4, 0.5) is 28.9 Å². The van der Waals surface area contributed by atoms with Gasteiger partial charge in [-0.05, 0) is 88.1 Å². The van der Waals surface area contributed by atoms with E-state index in [2.05, 4.69) is 25.2 Å². The molecule has 0 bridgehead atoms. The van der Waals surface area contributed by atoms with Gasteiger partial charge in [0, 0.05) is 55.0 Å². The number of esters is 1. The molecule has 8 rings (SSSR count). The second-order valence-corrected chi connectivity index (χ2v) is 15.2. The molecule has 60 heavy (non-hydrogen) atoms. The summed E-state index contributed by atoms with van der Waals surface area (Å²) >= 11 is 0. The van der Waals surface area contributed by atoms with E-state index in [0.717, 1.165) is 55.8 Å². The zero-order valence-corrected chi connectivity index (χ0v) is 33.2. The van der Waals surface area contributed by atoms with Gasteiger partial charge in [0.25, 0.3) is 0 Å². The molecule has 2 aliphatic heterocycles. The lowest BCUT2D eigenvalue weighted by atomic mass is 9.86. The molecule has 2 atom stereocenters. The minimum Gasteiger partial charge on any atom is -0.465 e. The molecule has 2 aliphatic rings. The molecule has 4 aromatic heterocycles. The number of pyridine rings is 2. The van der Waals surface area contributed by atoms with E-state index in [4.69, 9.17) is 25.3 Å². The molecule has 0 aliphatic carbocycles. The number of benzene rings is 2. The van der Waals surface area contributed by atoms with E-state index in [1.807, 2.05) is 24.0 Å². The molecule has 0 spiro atoms. The Kier molecular flexibility index (Phi) is 12.0. The van der Waals surface area contributed by atoms with E-state index < -0.39 is 40.3 Å². The predicted octanol–water partition coefficient (Wildman–Crippen LogP) is 6.83. The van der Waals surface area contributed by atoms with Crippen LogP contribution in [0.5, 0.6) is 0 Å². The first kappa shape index (κ1) is 42.0. The molecule has 6 heterocycles. The molecule has 0 amide bonds. The third-order valence-electron chi connectivity index (χ3n) is 10.9. The van der Waals surface area contributed by atoms with E-state index >= 15 is 0 Å². The molecule has 13 nitrogen and oxygen atoms in total. The lowest BCUT2D eigenvalue weighted by Gasteiger charge is -2.40. The Morgan fingerprint density at radius 1 is 0.733 bits per heavy atom. The topological polar surface area (TPSA) is 183 Å². The number of nitrogens with two attached hydrogens (primary N) is 2. The summed E-state index contributed by atoms with van der Waals surface area (Å²) < 4.78 is 69.1. The van der Waals surface area contributed by atoms with Crippen LogP contribution in [0.3, 0.4) is 0 Å². The zero-order valence-electron chi connectivity index (χ0n) is 33.2. The molecule has 0 saturated carbocycles. The summed E-state index contributed by atoms with van der Waals surface area (Å²) in [5.74, 6) is -2.99. The van der Waals surface area contributed by atoms with Crippen LogP contribution in [0.25, 0.3) is 22.5 Å². The Morgan fingerprint density at radius 2 is 1.22 bits per heavy atom. The summed E-state index contributed by atoms with van der Waals surface area (Å²) in [6, 6.07) is 13.9. The van der Waals surface area contributed by atoms with Crippen LogP contribution in [0.2, 0.25) is 0 Å². The number of hydrogen-bond donors (Lipinski definition) is 3. The van der Waals surface area contributed by atoms with Crippen molar-refractivity contribution in [1.82, 2.24) is 20.3 Å². The smallest absolute Gasteiger partial charge is 0.340 e. The van der Waals surface area contributed by atoms with Gasteiger partial charge in [-0.1, -0.05) is 10.3 Å². The summed E-state index contributed by atoms with van der Waals surface area (Å²) in [7, 11) is 1.28. The first-order valence-corrected chi connectivity index (χ1v) is 19.2. The third-order valence-corrected chi connectivity index (χ3v) is 10.9. The Morgan fingerprint density at radius 3 is 1.67 bits per heavy atom. The van der Waals surface area contributed by atoms with Crippen LogP contribution in [-0.4, -0.2) is 64.6 Å². The van der Waals surface area contributed by atoms with Crippen LogP contribution in [-0.2, 0) is 22.4 Å². The highest BCUT2D eigenvalue weighted by Crippen LogP contribution is 2.36. The lowest BCUT2D eigenvalue weighted by molar-refractivity contribution is 0.0601. The number of aromatic nitrogens is 4. The molecule has 0 radical (unpaired) electrons. The number of aliphatic hydroxyl groups excluding tert-OH is 1. The number of aliphatic hydroxyl groups is 1. The number of halogens is 4. The van der Waals surface area contributed by atoms with Crippen molar-refractivity contribution in [1.29, 1.82) is 0 Å². The Hall–Kier alpha value is -6.17. The van der Waals surface area contributed by atoms with Crippen molar-refractivity contribution in [2.45, 2.75) is 57.2 Å². The standard InChI is InChI=1S/C22H22F2N4O3.C21H22F2N4O2/c1-13-8-20(27-31-13)22(25)6-3-7-28(12-22)19-11-26-18(10-15(19)21(29)30-2)14-4-5-16(23)17(24)9-14;1-13-7-20(26-29-13)21(24)5-2-6-27(12-21)19-10-25-18(9-15(19)11-28)14-3-4-16(22)17(23)8-14/h4-5,8-11H,3,6-7,12,25H2,1-2H3;3-4,7-10,28H,2,5-6,11-12,24H2,1H3. The van der Waals surface area contributed by atoms with Gasteiger partial charge in [0.1, 0.15) is 22.9 Å². The normalized spacial score (nSPS) is 19.2. The predicted molar refractivity (Wildman–Crippen MR) is 214 cm³/mol. The number of carbonyl (C=O) groups excluding carboxylic acids is 1. The van der Waals surface area contributed by atoms with Gasteiger partial charge < -0.3 is 40.2 Å². The van der Waals surface area contributed by atoms with Gasteiger partial charge >= 0.3 is 5.97 Å². The van der Waals surface area contributed by atoms with Gasteiger partial charge in [-0.3, -0.25) is 9.97 Å². The van der Waals surface area contributed by atoms with E-state index in [1.165, 1.54) is 31.5 Å². The van der Waals surface area contributed by atoms with Crippen LogP contribution in [0.15, 0.2) is 82.1 Å². The molecule has 6 aromatic rings. The summed E-state index contributed by atoms with van der Waals surface area (Å²) in [6.07, 6.45) is 6.27. The van der Waals surface area contributed by atoms with Crippen LogP contribution < -0.4 is 21.3 Å². The van der Waals surface area contributed by atoms with Gasteiger partial charge in [-0.15, -0.1) is 0 Å². The highest BCUT2D eigenvalue weighted by atomic mass is 19.2. The fraction of sp³-hybridized carbons (Fsp3) is 0.326. The Labute approximate surface area is 342 Å². The SMILES string of the molecule is COC(=O)c1cc(-c2ccc(F)c(F)c2)ncc1N1CCCC(N)(c2cc(C)on2)C1.Cc1cc(C2(N)CCCN(c3cnc(-c4ccc(F)c(F)c4)cc3CO)C2)no1. The van der Waals surface area contributed by atoms with Crippen molar-refractivity contribution in [3.63, 3.8) is 0 Å². The molecule has 17 heteroatoms. The number of anilines is 2. The van der Waals surface area contributed by atoms with Crippen molar-refractivity contribution in [2.24, 2.45) is 11.5 Å². The number of aryl methyl sites for hydroxylation is 2. The lowest BCUT2D eigenvalue weighted by Crippen LogP contribution is -2.52. The number of carbonyl (C=O) groups is 1. The second kappa shape index (κ2) is 17.2. The van der Waals surface area contributed by atoms with E-state index in [9.17, 15) is 27.5 Å². The van der Waals surface area contributed by atoms with Crippen molar-refractivity contribution < 1.29 is 41.2 Å². The molecule has 5 N–H and O–H groups in total. The van der Waals surface area contributed by atoms with E-state index in [-0.39, 0.29) is 12.2 Å². The second-order valence-electron chi connectivity index (χ2n) is 15.2. The largest absolute Gasteiger partial charge is 0.465 e. The molecule has 2 unspecified atom stereocenters. The summed E-state index contributed by atoms with van der Waals surface area (Å²) in [5, 5.41) is 18.1. The Balaban J connectivity index is 0.000000182. The first-order valence-electron chi connectivity index (χ1n) is 19.2. The average molecular weight is 829 g/mol. The van der Waals surface area contributed by atoms with Crippen molar-refractivity contribution in [3.8, 4) is 22.5 Å². The monoisotopic (exact) mass is 828 g/mol. The van der Waals surface area contributed by atoms with Gasteiger partial charge in [-0.2, -0.15) is 0 Å². The van der Waals surface area contributed by atoms with Crippen LogP contribution in [0, 0.1) is 37.1 Å². The number of nitrogens with zero attached hydrogens (tertiary/aromatic N) is 6. The maximum absolute atomic E-state index is 13.7. The van der Waals surface area contributed by atoms with Crippen molar-refractivity contribution >= 4 is 17.3 Å². The van der Waals surface area contributed by atoms with Gasteiger partial charge in [0.2, 0.25) is 0 Å².